The molecule has 10 heteroatoms. The predicted octanol–water partition coefficient (Wildman–Crippen LogP) is 3.68. The second-order valence-corrected chi connectivity index (χ2v) is 7.07. The summed E-state index contributed by atoms with van der Waals surface area (Å²) in [4.78, 5) is 22.3. The van der Waals surface area contributed by atoms with Gasteiger partial charge in [-0.15, -0.1) is 0 Å². The second-order valence-electron chi connectivity index (χ2n) is 5.46. The van der Waals surface area contributed by atoms with E-state index in [1.807, 2.05) is 0 Å². The number of carbonyl (C=O) groups excluding carboxylic acids is 2. The van der Waals surface area contributed by atoms with E-state index in [1.54, 1.807) is 24.3 Å². The molecule has 4 N–H and O–H groups in total. The lowest BCUT2D eigenvalue weighted by Gasteiger charge is -1.98. The van der Waals surface area contributed by atoms with E-state index in [-0.39, 0.29) is 36.7 Å². The van der Waals surface area contributed by atoms with Crippen LogP contribution < -0.4 is 0 Å². The van der Waals surface area contributed by atoms with Gasteiger partial charge in [0.1, 0.15) is 11.5 Å². The molecule has 2 aromatic carbocycles. The number of hydrogen-bond acceptors (Lipinski definition) is 10. The van der Waals surface area contributed by atoms with Gasteiger partial charge in [0.25, 0.3) is 0 Å². The van der Waals surface area contributed by atoms with Crippen LogP contribution in [0.15, 0.2) is 58.3 Å². The van der Waals surface area contributed by atoms with Gasteiger partial charge in [0.15, 0.2) is 0 Å². The molecule has 0 aliphatic heterocycles. The summed E-state index contributed by atoms with van der Waals surface area (Å²) in [5.74, 6) is -0.287. The third-order valence-electron chi connectivity index (χ3n) is 2.75. The zero-order chi connectivity index (χ0) is 22.8. The first-order chi connectivity index (χ1) is 14.3. The number of aliphatic hydroxyl groups is 2. The summed E-state index contributed by atoms with van der Waals surface area (Å²) in [6, 6.07) is 12.8. The van der Waals surface area contributed by atoms with Crippen molar-refractivity contribution in [1.82, 2.24) is 0 Å². The van der Waals surface area contributed by atoms with Crippen LogP contribution >= 0.6 is 24.1 Å². The highest BCUT2D eigenvalue weighted by molar-refractivity contribution is 7.95. The number of phenols is 2. The van der Waals surface area contributed by atoms with E-state index in [2.05, 4.69) is 8.37 Å². The Morgan fingerprint density at radius 1 is 0.700 bits per heavy atom. The van der Waals surface area contributed by atoms with Gasteiger partial charge in [-0.1, -0.05) is 0 Å². The quantitative estimate of drug-likeness (QED) is 0.360. The van der Waals surface area contributed by atoms with Crippen LogP contribution in [0, 0.1) is 0 Å². The van der Waals surface area contributed by atoms with E-state index in [4.69, 9.17) is 20.4 Å². The largest absolute Gasteiger partial charge is 0.508 e. The van der Waals surface area contributed by atoms with Crippen LogP contribution in [0.3, 0.4) is 0 Å². The van der Waals surface area contributed by atoms with Crippen LogP contribution in [-0.4, -0.2) is 45.6 Å². The summed E-state index contributed by atoms with van der Waals surface area (Å²) in [6.07, 6.45) is 1.44. The SMILES string of the molecule is CC(=O)OSc1ccc(O)cc1.CC(=O)OSc1ccc(O)cc1.OCCCCO. The Morgan fingerprint density at radius 2 is 1.00 bits per heavy atom. The van der Waals surface area contributed by atoms with E-state index in [0.29, 0.717) is 0 Å². The lowest BCUT2D eigenvalue weighted by Crippen LogP contribution is -1.88. The topological polar surface area (TPSA) is 134 Å². The first-order valence-electron chi connectivity index (χ1n) is 8.78. The smallest absolute Gasteiger partial charge is 0.315 e. The number of aromatic hydroxyl groups is 2. The van der Waals surface area contributed by atoms with Crippen molar-refractivity contribution in [3.8, 4) is 11.5 Å². The zero-order valence-corrected chi connectivity index (χ0v) is 18.3. The Morgan fingerprint density at radius 3 is 1.23 bits per heavy atom. The van der Waals surface area contributed by atoms with Gasteiger partial charge in [0.05, 0.1) is 24.1 Å². The molecule has 166 valence electrons. The fourth-order valence-electron chi connectivity index (χ4n) is 1.44. The van der Waals surface area contributed by atoms with Crippen molar-refractivity contribution in [3.05, 3.63) is 48.5 Å². The number of hydrogen-bond donors (Lipinski definition) is 4. The molecule has 0 saturated carbocycles. The minimum absolute atomic E-state index is 0.195. The molecule has 0 amide bonds. The van der Waals surface area contributed by atoms with Crippen LogP contribution in [0.5, 0.6) is 11.5 Å². The Kier molecular flexibility index (Phi) is 16.1. The second kappa shape index (κ2) is 17.5. The van der Waals surface area contributed by atoms with E-state index in [9.17, 15) is 9.59 Å². The number of benzene rings is 2. The van der Waals surface area contributed by atoms with E-state index >= 15 is 0 Å². The van der Waals surface area contributed by atoms with Crippen LogP contribution in [0.25, 0.3) is 0 Å². The van der Waals surface area contributed by atoms with Crippen molar-refractivity contribution in [1.29, 1.82) is 0 Å². The van der Waals surface area contributed by atoms with Crippen molar-refractivity contribution in [2.75, 3.05) is 13.2 Å². The third-order valence-corrected chi connectivity index (χ3v) is 4.32. The molecule has 0 unspecified atom stereocenters. The van der Waals surface area contributed by atoms with Crippen LogP contribution in [0.2, 0.25) is 0 Å². The molecular weight excluding hydrogens is 432 g/mol. The molecule has 2 rings (SSSR count). The maximum atomic E-state index is 10.4. The number of carbonyl (C=O) groups is 2. The molecule has 0 atom stereocenters. The highest BCUT2D eigenvalue weighted by Crippen LogP contribution is 2.22. The summed E-state index contributed by atoms with van der Waals surface area (Å²) >= 11 is 1.95. The van der Waals surface area contributed by atoms with Gasteiger partial charge in [-0.3, -0.25) is 9.59 Å². The summed E-state index contributed by atoms with van der Waals surface area (Å²) in [5.41, 5.74) is 0. The monoisotopic (exact) mass is 458 g/mol. The Labute approximate surface area is 184 Å². The first-order valence-corrected chi connectivity index (χ1v) is 10.3. The normalized spacial score (nSPS) is 9.33. The van der Waals surface area contributed by atoms with Gasteiger partial charge < -0.3 is 28.8 Å². The fourth-order valence-corrected chi connectivity index (χ4v) is 2.36. The molecule has 2 aromatic rings. The molecule has 8 nitrogen and oxygen atoms in total. The van der Waals surface area contributed by atoms with Crippen molar-refractivity contribution < 1.29 is 38.4 Å². The maximum Gasteiger partial charge on any atom is 0.315 e. The standard InChI is InChI=1S/2C8H8O3S.C4H10O2/c2*1-6(9)11-12-8-4-2-7(10)3-5-8;5-3-1-2-4-6/h2*2-5,10H,1H3;5-6H,1-4H2. The van der Waals surface area contributed by atoms with Crippen LogP contribution in [0.4, 0.5) is 0 Å². The molecule has 0 heterocycles. The van der Waals surface area contributed by atoms with Gasteiger partial charge in [-0.05, 0) is 61.4 Å². The van der Waals surface area contributed by atoms with Crippen molar-refractivity contribution >= 4 is 36.0 Å². The molecule has 0 aliphatic rings. The molecule has 0 aliphatic carbocycles. The molecule has 0 bridgehead atoms. The molecule has 0 radical (unpaired) electrons. The highest BCUT2D eigenvalue weighted by atomic mass is 32.2. The van der Waals surface area contributed by atoms with E-state index < -0.39 is 0 Å². The predicted molar refractivity (Wildman–Crippen MR) is 115 cm³/mol. The number of phenolic OH excluding ortho intramolecular Hbond substituents is 2. The summed E-state index contributed by atoms with van der Waals surface area (Å²) in [7, 11) is 0. The molecule has 0 saturated heterocycles. The first kappa shape index (κ1) is 27.6. The number of unbranched alkanes of at least 4 members (excludes halogenated alkanes) is 1. The molecule has 30 heavy (non-hydrogen) atoms. The van der Waals surface area contributed by atoms with E-state index in [1.165, 1.54) is 38.1 Å². The minimum Gasteiger partial charge on any atom is -0.508 e. The Balaban J connectivity index is 0.000000447. The van der Waals surface area contributed by atoms with Gasteiger partial charge in [0.2, 0.25) is 0 Å². The molecule has 0 spiro atoms. The molecule has 0 aromatic heterocycles. The van der Waals surface area contributed by atoms with E-state index in [0.717, 1.165) is 46.7 Å². The summed E-state index contributed by atoms with van der Waals surface area (Å²) in [6.45, 7) is 3.07. The third kappa shape index (κ3) is 16.5. The summed E-state index contributed by atoms with van der Waals surface area (Å²) in [5, 5.41) is 34.0. The van der Waals surface area contributed by atoms with Crippen molar-refractivity contribution in [3.63, 3.8) is 0 Å². The van der Waals surface area contributed by atoms with Crippen LogP contribution in [0.1, 0.15) is 26.7 Å². The zero-order valence-electron chi connectivity index (χ0n) is 16.7. The van der Waals surface area contributed by atoms with Gasteiger partial charge >= 0.3 is 11.9 Å². The maximum absolute atomic E-state index is 10.4. The van der Waals surface area contributed by atoms with Crippen LogP contribution in [-0.2, 0) is 18.0 Å². The minimum atomic E-state index is -0.340. The van der Waals surface area contributed by atoms with Gasteiger partial charge in [0, 0.05) is 36.9 Å². The van der Waals surface area contributed by atoms with Crippen molar-refractivity contribution in [2.45, 2.75) is 36.5 Å². The van der Waals surface area contributed by atoms with Crippen molar-refractivity contribution in [2.24, 2.45) is 0 Å². The average Bonchev–Trinajstić information content (AvgIpc) is 2.72. The Hall–Kier alpha value is -2.40. The highest BCUT2D eigenvalue weighted by Gasteiger charge is 1.98. The lowest BCUT2D eigenvalue weighted by atomic mass is 10.3. The average molecular weight is 459 g/mol. The van der Waals surface area contributed by atoms with Gasteiger partial charge in [-0.2, -0.15) is 0 Å². The lowest BCUT2D eigenvalue weighted by molar-refractivity contribution is -0.131. The number of aliphatic hydroxyl groups excluding tert-OH is 2. The Bertz CT molecular complexity index is 657. The number of rotatable bonds is 7. The fraction of sp³-hybridized carbons (Fsp3) is 0.300. The molecule has 0 fully saturated rings. The molecular formula is C20H26O8S2. The summed E-state index contributed by atoms with van der Waals surface area (Å²) < 4.78 is 9.33. The van der Waals surface area contributed by atoms with Gasteiger partial charge in [-0.25, -0.2) is 0 Å².